The van der Waals surface area contributed by atoms with E-state index in [1.54, 1.807) is 20.8 Å². The van der Waals surface area contributed by atoms with Gasteiger partial charge in [-0.3, -0.25) is 4.79 Å². The van der Waals surface area contributed by atoms with Crippen LogP contribution in [0.15, 0.2) is 0 Å². The lowest BCUT2D eigenvalue weighted by molar-refractivity contribution is -0.222. The van der Waals surface area contributed by atoms with Gasteiger partial charge in [0.05, 0.1) is 0 Å². The molecule has 0 spiro atoms. The Bertz CT molecular complexity index is 283. The van der Waals surface area contributed by atoms with Crippen LogP contribution in [0.25, 0.3) is 0 Å². The van der Waals surface area contributed by atoms with Crippen molar-refractivity contribution in [3.63, 3.8) is 0 Å². The number of carbonyl (C=O) groups excluding carboxylic acids is 1. The van der Waals surface area contributed by atoms with Crippen molar-refractivity contribution >= 4 is 5.91 Å². The largest absolute Gasteiger partial charge is 0.404 e. The molecule has 1 amide bonds. The number of halogens is 3. The van der Waals surface area contributed by atoms with Gasteiger partial charge in [0.2, 0.25) is 5.91 Å². The molecule has 100 valence electrons. The third kappa shape index (κ3) is 2.41. The van der Waals surface area contributed by atoms with Gasteiger partial charge >= 0.3 is 6.18 Å². The summed E-state index contributed by atoms with van der Waals surface area (Å²) in [6.07, 6.45) is -4.66. The van der Waals surface area contributed by atoms with Gasteiger partial charge in [-0.15, -0.1) is 0 Å². The van der Waals surface area contributed by atoms with E-state index in [0.717, 1.165) is 0 Å². The number of hydrogen-bond donors (Lipinski definition) is 1. The zero-order valence-electron chi connectivity index (χ0n) is 10.4. The zero-order valence-corrected chi connectivity index (χ0v) is 10.4. The first-order valence-electron chi connectivity index (χ1n) is 5.85. The number of hydrogen-bond acceptors (Lipinski definition) is 2. The van der Waals surface area contributed by atoms with Crippen LogP contribution >= 0.6 is 0 Å². The van der Waals surface area contributed by atoms with Gasteiger partial charge in [0.15, 0.2) is 5.41 Å². The number of amides is 1. The Labute approximate surface area is 99.4 Å². The number of nitrogens with zero attached hydrogens (tertiary/aromatic N) is 1. The molecule has 0 aromatic rings. The fourth-order valence-corrected chi connectivity index (χ4v) is 2.26. The molecule has 1 aliphatic rings. The van der Waals surface area contributed by atoms with Gasteiger partial charge in [-0.05, 0) is 33.7 Å². The molecule has 17 heavy (non-hydrogen) atoms. The maximum atomic E-state index is 13.1. The standard InChI is InChI=1S/C11H19F3N2O/c1-4-16(8(2)3)9(17)10(11(12,13)14)5-6-15-7-10/h8,15H,4-7H2,1-3H3. The zero-order chi connectivity index (χ0) is 13.3. The van der Waals surface area contributed by atoms with Crippen molar-refractivity contribution in [2.45, 2.75) is 39.4 Å². The molecule has 1 fully saturated rings. The van der Waals surface area contributed by atoms with Gasteiger partial charge in [0.25, 0.3) is 0 Å². The van der Waals surface area contributed by atoms with Crippen molar-refractivity contribution in [3.05, 3.63) is 0 Å². The monoisotopic (exact) mass is 252 g/mol. The van der Waals surface area contributed by atoms with E-state index in [4.69, 9.17) is 0 Å². The molecule has 3 nitrogen and oxygen atoms in total. The van der Waals surface area contributed by atoms with Crippen LogP contribution in [0.5, 0.6) is 0 Å². The van der Waals surface area contributed by atoms with Crippen LogP contribution in [0.1, 0.15) is 27.2 Å². The molecular formula is C11H19F3N2O. The summed E-state index contributed by atoms with van der Waals surface area (Å²) in [6, 6.07) is -0.215. The van der Waals surface area contributed by atoms with Crippen LogP contribution in [0.2, 0.25) is 0 Å². The Hall–Kier alpha value is -0.780. The minimum absolute atomic E-state index is 0.168. The van der Waals surface area contributed by atoms with E-state index < -0.39 is 17.5 Å². The summed E-state index contributed by atoms with van der Waals surface area (Å²) < 4.78 is 39.4. The van der Waals surface area contributed by atoms with E-state index >= 15 is 0 Å². The van der Waals surface area contributed by atoms with E-state index in [9.17, 15) is 18.0 Å². The molecule has 6 heteroatoms. The maximum Gasteiger partial charge on any atom is 0.404 e. The second-order valence-electron chi connectivity index (χ2n) is 4.69. The van der Waals surface area contributed by atoms with E-state index in [-0.39, 0.29) is 25.6 Å². The molecular weight excluding hydrogens is 233 g/mol. The van der Waals surface area contributed by atoms with E-state index in [1.165, 1.54) is 4.90 Å². The lowest BCUT2D eigenvalue weighted by Gasteiger charge is -2.36. The summed E-state index contributed by atoms with van der Waals surface area (Å²) in [5.74, 6) is -0.799. The average molecular weight is 252 g/mol. The van der Waals surface area contributed by atoms with Crippen LogP contribution < -0.4 is 5.32 Å². The predicted octanol–water partition coefficient (Wildman–Crippen LogP) is 1.79. The van der Waals surface area contributed by atoms with Crippen LogP contribution in [0.4, 0.5) is 13.2 Å². The summed E-state index contributed by atoms with van der Waals surface area (Å²) >= 11 is 0. The Morgan fingerprint density at radius 3 is 2.35 bits per heavy atom. The number of nitrogens with one attached hydrogen (secondary N) is 1. The van der Waals surface area contributed by atoms with Gasteiger partial charge in [-0.1, -0.05) is 0 Å². The Morgan fingerprint density at radius 2 is 2.06 bits per heavy atom. The van der Waals surface area contributed by atoms with Gasteiger partial charge in [-0.2, -0.15) is 13.2 Å². The molecule has 0 aromatic heterocycles. The minimum atomic E-state index is -4.49. The van der Waals surface area contributed by atoms with Crippen molar-refractivity contribution < 1.29 is 18.0 Å². The molecule has 1 rings (SSSR count). The summed E-state index contributed by atoms with van der Waals surface area (Å²) in [5.41, 5.74) is -2.23. The first-order valence-corrected chi connectivity index (χ1v) is 5.85. The molecule has 1 heterocycles. The molecule has 0 radical (unpaired) electrons. The number of carbonyl (C=O) groups is 1. The van der Waals surface area contributed by atoms with Gasteiger partial charge < -0.3 is 10.2 Å². The minimum Gasteiger partial charge on any atom is -0.340 e. The summed E-state index contributed by atoms with van der Waals surface area (Å²) in [6.45, 7) is 5.39. The second kappa shape index (κ2) is 4.84. The lowest BCUT2D eigenvalue weighted by atomic mass is 9.84. The highest BCUT2D eigenvalue weighted by molar-refractivity contribution is 5.84. The second-order valence-corrected chi connectivity index (χ2v) is 4.69. The number of alkyl halides is 3. The topological polar surface area (TPSA) is 32.3 Å². The van der Waals surface area contributed by atoms with Crippen molar-refractivity contribution in [3.8, 4) is 0 Å². The van der Waals surface area contributed by atoms with Gasteiger partial charge in [-0.25, -0.2) is 0 Å². The highest BCUT2D eigenvalue weighted by Gasteiger charge is 2.62. The molecule has 1 unspecified atom stereocenters. The third-order valence-corrected chi connectivity index (χ3v) is 3.33. The van der Waals surface area contributed by atoms with Crippen LogP contribution in [0.3, 0.4) is 0 Å². The third-order valence-electron chi connectivity index (χ3n) is 3.33. The molecule has 0 aromatic carbocycles. The van der Waals surface area contributed by atoms with Crippen LogP contribution in [-0.2, 0) is 4.79 Å². The fourth-order valence-electron chi connectivity index (χ4n) is 2.26. The predicted molar refractivity (Wildman–Crippen MR) is 58.5 cm³/mol. The SMILES string of the molecule is CCN(C(=O)C1(C(F)(F)F)CCNC1)C(C)C. The van der Waals surface area contributed by atoms with Crippen molar-refractivity contribution in [1.29, 1.82) is 0 Å². The highest BCUT2D eigenvalue weighted by Crippen LogP contribution is 2.44. The maximum absolute atomic E-state index is 13.1. The normalized spacial score (nSPS) is 25.4. The van der Waals surface area contributed by atoms with E-state index in [2.05, 4.69) is 5.32 Å². The van der Waals surface area contributed by atoms with E-state index in [0.29, 0.717) is 6.54 Å². The molecule has 1 saturated heterocycles. The first kappa shape index (κ1) is 14.3. The Balaban J connectivity index is 3.04. The Kier molecular flexibility index (Phi) is 4.06. The van der Waals surface area contributed by atoms with Crippen molar-refractivity contribution in [2.24, 2.45) is 5.41 Å². The molecule has 1 atom stereocenters. The summed E-state index contributed by atoms with van der Waals surface area (Å²) in [5, 5.41) is 2.65. The van der Waals surface area contributed by atoms with Crippen LogP contribution in [-0.4, -0.2) is 42.7 Å². The van der Waals surface area contributed by atoms with Gasteiger partial charge in [0, 0.05) is 19.1 Å². The number of rotatable bonds is 3. The summed E-state index contributed by atoms with van der Waals surface area (Å²) in [7, 11) is 0. The van der Waals surface area contributed by atoms with Crippen LogP contribution in [0, 0.1) is 5.41 Å². The smallest absolute Gasteiger partial charge is 0.340 e. The molecule has 0 bridgehead atoms. The fraction of sp³-hybridized carbons (Fsp3) is 0.909. The molecule has 1 aliphatic heterocycles. The quantitative estimate of drug-likeness (QED) is 0.830. The Morgan fingerprint density at radius 1 is 1.47 bits per heavy atom. The highest BCUT2D eigenvalue weighted by atomic mass is 19.4. The van der Waals surface area contributed by atoms with Gasteiger partial charge in [0.1, 0.15) is 0 Å². The molecule has 1 N–H and O–H groups in total. The van der Waals surface area contributed by atoms with E-state index in [1.807, 2.05) is 0 Å². The molecule has 0 aliphatic carbocycles. The van der Waals surface area contributed by atoms with Crippen molar-refractivity contribution in [1.82, 2.24) is 10.2 Å². The summed E-state index contributed by atoms with van der Waals surface area (Å²) in [4.78, 5) is 13.4. The van der Waals surface area contributed by atoms with Crippen molar-refractivity contribution in [2.75, 3.05) is 19.6 Å². The lowest BCUT2D eigenvalue weighted by Crippen LogP contribution is -2.55. The average Bonchev–Trinajstić information content (AvgIpc) is 2.66. The first-order chi connectivity index (χ1) is 7.76. The molecule has 0 saturated carbocycles.